The first-order valence-electron chi connectivity index (χ1n) is 14.9. The van der Waals surface area contributed by atoms with Gasteiger partial charge in [-0.2, -0.15) is 0 Å². The molecule has 4 aliphatic carbocycles. The SMILES string of the molecule is CC(=O)O[C@@]1(C)C(=O)O[C@H]2C[C@H]1C[C@H]2[C@H]1CC[C@@]2(C)C3=C(CC45OC(=O)C[C@H]4OC(C)(C)[C@@H]5C=C3)C(=O)C[C@]12C. The highest BCUT2D eigenvalue weighted by molar-refractivity contribution is 5.99. The maximum atomic E-state index is 14.1. The van der Waals surface area contributed by atoms with Crippen LogP contribution in [0.3, 0.4) is 0 Å². The van der Waals surface area contributed by atoms with Crippen molar-refractivity contribution in [2.45, 2.75) is 115 Å². The van der Waals surface area contributed by atoms with Gasteiger partial charge >= 0.3 is 17.9 Å². The highest BCUT2D eigenvalue weighted by atomic mass is 16.6. The minimum Gasteiger partial charge on any atom is -0.459 e. The van der Waals surface area contributed by atoms with Crippen LogP contribution >= 0.6 is 0 Å². The van der Waals surface area contributed by atoms with Crippen LogP contribution in [0.2, 0.25) is 0 Å². The molecular weight excluding hydrogens is 512 g/mol. The molecule has 0 aromatic heterocycles. The van der Waals surface area contributed by atoms with Gasteiger partial charge < -0.3 is 18.9 Å². The van der Waals surface area contributed by atoms with Gasteiger partial charge in [0.05, 0.1) is 12.0 Å². The summed E-state index contributed by atoms with van der Waals surface area (Å²) in [6.07, 6.45) is 8.00. The van der Waals surface area contributed by atoms with E-state index in [1.807, 2.05) is 13.8 Å². The number of rotatable bonds is 2. The molecule has 5 fully saturated rings. The Morgan fingerprint density at radius 2 is 1.80 bits per heavy atom. The Hall–Kier alpha value is -2.48. The topological polar surface area (TPSA) is 105 Å². The molecule has 0 amide bonds. The van der Waals surface area contributed by atoms with Gasteiger partial charge in [0.1, 0.15) is 12.2 Å². The van der Waals surface area contributed by atoms with E-state index in [9.17, 15) is 19.2 Å². The first-order chi connectivity index (χ1) is 18.6. The maximum Gasteiger partial charge on any atom is 0.350 e. The van der Waals surface area contributed by atoms with Crippen LogP contribution in [0, 0.1) is 34.5 Å². The van der Waals surface area contributed by atoms with Gasteiger partial charge in [-0.15, -0.1) is 0 Å². The average molecular weight is 553 g/mol. The van der Waals surface area contributed by atoms with Crippen molar-refractivity contribution in [3.63, 3.8) is 0 Å². The Morgan fingerprint density at radius 3 is 2.52 bits per heavy atom. The van der Waals surface area contributed by atoms with E-state index in [1.165, 1.54) is 6.92 Å². The van der Waals surface area contributed by atoms with E-state index in [1.54, 1.807) is 6.92 Å². The molecule has 3 saturated heterocycles. The predicted octanol–water partition coefficient (Wildman–Crippen LogP) is 4.39. The zero-order valence-electron chi connectivity index (χ0n) is 24.3. The third-order valence-corrected chi connectivity index (χ3v) is 12.5. The predicted molar refractivity (Wildman–Crippen MR) is 141 cm³/mol. The Balaban J connectivity index is 1.25. The lowest BCUT2D eigenvalue weighted by Crippen LogP contribution is -2.51. The molecule has 0 radical (unpaired) electrons. The van der Waals surface area contributed by atoms with Crippen LogP contribution in [0.25, 0.3) is 0 Å². The summed E-state index contributed by atoms with van der Waals surface area (Å²) in [7, 11) is 0. The number of ketones is 1. The lowest BCUT2D eigenvalue weighted by molar-refractivity contribution is -0.197. The fraction of sp³-hybridized carbons (Fsp3) is 0.750. The van der Waals surface area contributed by atoms with Crippen LogP contribution < -0.4 is 0 Å². The van der Waals surface area contributed by atoms with Gasteiger partial charge in [0.2, 0.25) is 5.60 Å². The molecule has 7 rings (SSSR count). The van der Waals surface area contributed by atoms with Crippen molar-refractivity contribution >= 4 is 23.7 Å². The molecule has 1 unspecified atom stereocenters. The first-order valence-corrected chi connectivity index (χ1v) is 14.9. The highest BCUT2D eigenvalue weighted by Crippen LogP contribution is 2.70. The van der Waals surface area contributed by atoms with Crippen molar-refractivity contribution in [3.05, 3.63) is 23.3 Å². The van der Waals surface area contributed by atoms with Crippen molar-refractivity contribution in [2.75, 3.05) is 0 Å². The number of esters is 3. The second-order valence-electron chi connectivity index (χ2n) is 14.7. The fourth-order valence-corrected chi connectivity index (χ4v) is 10.4. The monoisotopic (exact) mass is 552 g/mol. The van der Waals surface area contributed by atoms with Crippen molar-refractivity contribution in [1.82, 2.24) is 0 Å². The minimum atomic E-state index is -1.26. The smallest absolute Gasteiger partial charge is 0.350 e. The van der Waals surface area contributed by atoms with Gasteiger partial charge in [-0.3, -0.25) is 14.4 Å². The summed E-state index contributed by atoms with van der Waals surface area (Å²) in [6, 6.07) is 0. The highest BCUT2D eigenvalue weighted by Gasteiger charge is 2.70. The van der Waals surface area contributed by atoms with E-state index in [-0.39, 0.29) is 64.9 Å². The molecule has 0 N–H and O–H groups in total. The summed E-state index contributed by atoms with van der Waals surface area (Å²) < 4.78 is 24.0. The molecule has 40 heavy (non-hydrogen) atoms. The molecular formula is C32H40O8. The molecule has 2 bridgehead atoms. The normalized spacial score (nSPS) is 50.0. The lowest BCUT2D eigenvalue weighted by Gasteiger charge is -2.51. The quantitative estimate of drug-likeness (QED) is 0.367. The Bertz CT molecular complexity index is 1310. The molecule has 0 aromatic carbocycles. The molecule has 216 valence electrons. The molecule has 8 nitrogen and oxygen atoms in total. The summed E-state index contributed by atoms with van der Waals surface area (Å²) in [4.78, 5) is 51.5. The third-order valence-electron chi connectivity index (χ3n) is 12.5. The molecule has 10 atom stereocenters. The number of hydrogen-bond donors (Lipinski definition) is 0. The lowest BCUT2D eigenvalue weighted by atomic mass is 9.52. The molecule has 1 spiro atoms. The number of fused-ring (bicyclic) bond motifs is 4. The summed E-state index contributed by atoms with van der Waals surface area (Å²) in [5, 5.41) is 0. The van der Waals surface area contributed by atoms with Crippen molar-refractivity contribution in [3.8, 4) is 0 Å². The summed E-state index contributed by atoms with van der Waals surface area (Å²) in [6.45, 7) is 11.7. The van der Waals surface area contributed by atoms with Gasteiger partial charge in [0.25, 0.3) is 0 Å². The standard InChI is InChI=1S/C32H40O8/c1-16(33)38-31(6)17-11-18(23(12-17)37-27(31)36)21-9-10-29(4)20-7-8-24-28(2,3)39-25-13-26(35)40-32(24,25)14-19(20)22(34)15-30(21,29)5/h7-8,17-18,21,23-25H,9-15H2,1-6H3/t17-,18+,21-,23+,24+,25-,29+,30-,31-,32?/m1/s1. The Kier molecular flexibility index (Phi) is 5.20. The summed E-state index contributed by atoms with van der Waals surface area (Å²) in [5.41, 5.74) is -1.32. The summed E-state index contributed by atoms with van der Waals surface area (Å²) >= 11 is 0. The van der Waals surface area contributed by atoms with Crippen LogP contribution in [0.4, 0.5) is 0 Å². The van der Waals surface area contributed by atoms with Crippen molar-refractivity contribution in [2.24, 2.45) is 34.5 Å². The third kappa shape index (κ3) is 3.12. The van der Waals surface area contributed by atoms with Gasteiger partial charge in [-0.05, 0) is 74.7 Å². The molecule has 7 aliphatic rings. The van der Waals surface area contributed by atoms with Crippen LogP contribution in [0.5, 0.6) is 0 Å². The van der Waals surface area contributed by atoms with E-state index in [4.69, 9.17) is 18.9 Å². The number of hydrogen-bond acceptors (Lipinski definition) is 8. The van der Waals surface area contributed by atoms with Crippen LogP contribution in [-0.4, -0.2) is 52.7 Å². The van der Waals surface area contributed by atoms with Crippen LogP contribution in [0.15, 0.2) is 23.3 Å². The average Bonchev–Trinajstić information content (AvgIpc) is 3.44. The molecule has 3 heterocycles. The van der Waals surface area contributed by atoms with Crippen LogP contribution in [0.1, 0.15) is 86.5 Å². The molecule has 3 aliphatic heterocycles. The maximum absolute atomic E-state index is 14.1. The van der Waals surface area contributed by atoms with E-state index >= 15 is 0 Å². The fourth-order valence-electron chi connectivity index (χ4n) is 10.4. The first kappa shape index (κ1) is 26.4. The van der Waals surface area contributed by atoms with Gasteiger partial charge in [0, 0.05) is 37.2 Å². The zero-order chi connectivity index (χ0) is 28.6. The van der Waals surface area contributed by atoms with Crippen molar-refractivity contribution < 1.29 is 38.1 Å². The van der Waals surface area contributed by atoms with Gasteiger partial charge in [-0.25, -0.2) is 4.79 Å². The second kappa shape index (κ2) is 7.87. The zero-order valence-corrected chi connectivity index (χ0v) is 24.3. The molecule has 2 saturated carbocycles. The van der Waals surface area contributed by atoms with E-state index < -0.39 is 28.7 Å². The van der Waals surface area contributed by atoms with Gasteiger partial charge in [-0.1, -0.05) is 26.0 Å². The largest absolute Gasteiger partial charge is 0.459 e. The summed E-state index contributed by atoms with van der Waals surface area (Å²) in [5.74, 6) is -1.02. The number of ether oxygens (including phenoxy) is 4. The van der Waals surface area contributed by atoms with Crippen molar-refractivity contribution in [1.29, 1.82) is 0 Å². The minimum absolute atomic E-state index is 0.0929. The van der Waals surface area contributed by atoms with E-state index in [0.29, 0.717) is 19.3 Å². The van der Waals surface area contributed by atoms with E-state index in [0.717, 1.165) is 30.4 Å². The molecule has 8 heteroatoms. The second-order valence-corrected chi connectivity index (χ2v) is 14.7. The Morgan fingerprint density at radius 1 is 1.05 bits per heavy atom. The Labute approximate surface area is 235 Å². The number of Topliss-reactive ketones (excluding diaryl/α,β-unsaturated/α-hetero) is 1. The number of allylic oxidation sites excluding steroid dienone is 2. The number of carbonyl (C=O) groups is 4. The van der Waals surface area contributed by atoms with Crippen LogP contribution in [-0.2, 0) is 38.1 Å². The van der Waals surface area contributed by atoms with E-state index in [2.05, 4.69) is 26.0 Å². The molecule has 0 aromatic rings. The number of carbonyl (C=O) groups excluding carboxylic acids is 4. The van der Waals surface area contributed by atoms with Gasteiger partial charge in [0.15, 0.2) is 11.4 Å².